The van der Waals surface area contributed by atoms with Crippen molar-refractivity contribution in [3.05, 3.63) is 46.7 Å². The van der Waals surface area contributed by atoms with Crippen LogP contribution in [-0.4, -0.2) is 34.8 Å². The Labute approximate surface area is 145 Å². The Kier molecular flexibility index (Phi) is 6.37. The summed E-state index contributed by atoms with van der Waals surface area (Å²) in [5, 5.41) is 7.12. The first-order valence-electron chi connectivity index (χ1n) is 7.79. The third-order valence-corrected chi connectivity index (χ3v) is 3.74. The van der Waals surface area contributed by atoms with Gasteiger partial charge in [0.15, 0.2) is 6.61 Å². The van der Waals surface area contributed by atoms with Crippen LogP contribution in [0.3, 0.4) is 0 Å². The van der Waals surface area contributed by atoms with Gasteiger partial charge in [-0.2, -0.15) is 5.10 Å². The number of nitrogens with zero attached hydrogens (tertiary/aromatic N) is 2. The highest BCUT2D eigenvalue weighted by Crippen LogP contribution is 2.24. The fraction of sp³-hybridized carbons (Fsp3) is 0.353. The van der Waals surface area contributed by atoms with Crippen molar-refractivity contribution < 1.29 is 14.3 Å². The molecule has 2 rings (SSSR count). The molecule has 0 unspecified atom stereocenters. The zero-order valence-corrected chi connectivity index (χ0v) is 14.5. The van der Waals surface area contributed by atoms with Crippen LogP contribution in [0.25, 0.3) is 5.69 Å². The average Bonchev–Trinajstić information content (AvgIpc) is 2.88. The topological polar surface area (TPSA) is 73.2 Å². The van der Waals surface area contributed by atoms with E-state index in [-0.39, 0.29) is 23.2 Å². The molecule has 0 bridgehead atoms. The first-order chi connectivity index (χ1) is 11.5. The Morgan fingerprint density at radius 2 is 2.00 bits per heavy atom. The van der Waals surface area contributed by atoms with Crippen LogP contribution in [0.5, 0.6) is 0 Å². The van der Waals surface area contributed by atoms with Gasteiger partial charge >= 0.3 is 5.97 Å². The van der Waals surface area contributed by atoms with E-state index in [1.165, 1.54) is 4.68 Å². The second kappa shape index (κ2) is 8.49. The van der Waals surface area contributed by atoms with Gasteiger partial charge in [0.25, 0.3) is 5.91 Å². The van der Waals surface area contributed by atoms with Gasteiger partial charge < -0.3 is 10.1 Å². The molecule has 0 atom stereocenters. The Bertz CT molecular complexity index is 713. The van der Waals surface area contributed by atoms with Crippen LogP contribution in [-0.2, 0) is 9.53 Å². The number of benzene rings is 1. The van der Waals surface area contributed by atoms with Crippen molar-refractivity contribution in [2.75, 3.05) is 13.2 Å². The maximum Gasteiger partial charge on any atom is 0.343 e. The van der Waals surface area contributed by atoms with Crippen molar-refractivity contribution in [3.63, 3.8) is 0 Å². The number of aryl methyl sites for hydroxylation is 1. The van der Waals surface area contributed by atoms with Crippen molar-refractivity contribution in [2.24, 2.45) is 0 Å². The number of ether oxygens (including phenoxy) is 1. The van der Waals surface area contributed by atoms with Gasteiger partial charge in [-0.25, -0.2) is 9.48 Å². The van der Waals surface area contributed by atoms with E-state index in [2.05, 4.69) is 10.4 Å². The summed E-state index contributed by atoms with van der Waals surface area (Å²) in [4.78, 5) is 23.8. The fourth-order valence-electron chi connectivity index (χ4n) is 2.13. The molecule has 1 heterocycles. The number of rotatable bonds is 7. The van der Waals surface area contributed by atoms with Gasteiger partial charge in [-0.05, 0) is 25.5 Å². The number of para-hydroxylation sites is 1. The van der Waals surface area contributed by atoms with Crippen LogP contribution in [0.2, 0.25) is 5.15 Å². The third kappa shape index (κ3) is 4.35. The van der Waals surface area contributed by atoms with Crippen LogP contribution in [0, 0.1) is 6.92 Å². The minimum absolute atomic E-state index is 0.162. The van der Waals surface area contributed by atoms with Gasteiger partial charge in [-0.1, -0.05) is 43.1 Å². The molecule has 0 saturated heterocycles. The van der Waals surface area contributed by atoms with Gasteiger partial charge in [-0.3, -0.25) is 4.79 Å². The number of esters is 1. The monoisotopic (exact) mass is 349 g/mol. The molecule has 7 heteroatoms. The Morgan fingerprint density at radius 1 is 1.29 bits per heavy atom. The number of unbranched alkanes of at least 4 members (excludes halogenated alkanes) is 1. The van der Waals surface area contributed by atoms with E-state index >= 15 is 0 Å². The zero-order chi connectivity index (χ0) is 17.5. The van der Waals surface area contributed by atoms with Crippen molar-refractivity contribution in [1.82, 2.24) is 15.1 Å². The molecule has 0 saturated carbocycles. The van der Waals surface area contributed by atoms with Crippen molar-refractivity contribution in [2.45, 2.75) is 26.7 Å². The lowest BCUT2D eigenvalue weighted by molar-refractivity contribution is -0.124. The summed E-state index contributed by atoms with van der Waals surface area (Å²) in [5.74, 6) is -0.994. The number of hydrogen-bond acceptors (Lipinski definition) is 4. The number of aromatic nitrogens is 2. The lowest BCUT2D eigenvalue weighted by atomic mass is 10.2. The standard InChI is InChI=1S/C17H20ClN3O3/c1-3-4-10-19-14(22)11-24-17(23)15-12(2)20-21(16(15)18)13-8-6-5-7-9-13/h5-9H,3-4,10-11H2,1-2H3,(H,19,22). The van der Waals surface area contributed by atoms with Gasteiger partial charge in [-0.15, -0.1) is 0 Å². The molecule has 1 aromatic carbocycles. The summed E-state index contributed by atoms with van der Waals surface area (Å²) >= 11 is 6.28. The Morgan fingerprint density at radius 3 is 2.67 bits per heavy atom. The number of halogens is 1. The van der Waals surface area contributed by atoms with Crippen LogP contribution < -0.4 is 5.32 Å². The number of carbonyl (C=O) groups is 2. The number of nitrogens with one attached hydrogen (secondary N) is 1. The number of hydrogen-bond donors (Lipinski definition) is 1. The normalized spacial score (nSPS) is 10.5. The second-order valence-electron chi connectivity index (χ2n) is 5.28. The van der Waals surface area contributed by atoms with Crippen molar-refractivity contribution in [3.8, 4) is 5.69 Å². The predicted molar refractivity (Wildman–Crippen MR) is 91.5 cm³/mol. The largest absolute Gasteiger partial charge is 0.452 e. The molecule has 0 aliphatic rings. The fourth-order valence-corrected chi connectivity index (χ4v) is 2.48. The molecular weight excluding hydrogens is 330 g/mol. The molecule has 128 valence electrons. The number of carbonyl (C=O) groups excluding carboxylic acids is 2. The highest BCUT2D eigenvalue weighted by atomic mass is 35.5. The summed E-state index contributed by atoms with van der Waals surface area (Å²) in [7, 11) is 0. The lowest BCUT2D eigenvalue weighted by Crippen LogP contribution is -2.29. The van der Waals surface area contributed by atoms with E-state index in [0.29, 0.717) is 12.2 Å². The van der Waals surface area contributed by atoms with Gasteiger partial charge in [0.05, 0.1) is 11.4 Å². The minimum atomic E-state index is -0.662. The molecular formula is C17H20ClN3O3. The summed E-state index contributed by atoms with van der Waals surface area (Å²) in [5.41, 5.74) is 1.35. The van der Waals surface area contributed by atoms with E-state index in [1.807, 2.05) is 37.3 Å². The summed E-state index contributed by atoms with van der Waals surface area (Å²) in [6.07, 6.45) is 1.86. The molecule has 0 spiro atoms. The first kappa shape index (κ1) is 18.0. The third-order valence-electron chi connectivity index (χ3n) is 3.40. The molecule has 0 aliphatic carbocycles. The molecule has 24 heavy (non-hydrogen) atoms. The van der Waals surface area contributed by atoms with Crippen LogP contribution in [0.4, 0.5) is 0 Å². The second-order valence-corrected chi connectivity index (χ2v) is 5.64. The molecule has 1 aromatic heterocycles. The number of amides is 1. The van der Waals surface area contributed by atoms with Crippen LogP contribution in [0.15, 0.2) is 30.3 Å². The molecule has 6 nitrogen and oxygen atoms in total. The van der Waals surface area contributed by atoms with Gasteiger partial charge in [0, 0.05) is 6.54 Å². The quantitative estimate of drug-likeness (QED) is 0.616. The van der Waals surface area contributed by atoms with E-state index in [0.717, 1.165) is 18.5 Å². The molecule has 0 aliphatic heterocycles. The maximum atomic E-state index is 12.2. The minimum Gasteiger partial charge on any atom is -0.452 e. The summed E-state index contributed by atoms with van der Waals surface area (Å²) in [6.45, 7) is 3.93. The van der Waals surface area contributed by atoms with E-state index in [1.54, 1.807) is 6.92 Å². The average molecular weight is 350 g/mol. The van der Waals surface area contributed by atoms with Crippen molar-refractivity contribution in [1.29, 1.82) is 0 Å². The van der Waals surface area contributed by atoms with E-state index in [4.69, 9.17) is 16.3 Å². The van der Waals surface area contributed by atoms with E-state index in [9.17, 15) is 9.59 Å². The Balaban J connectivity index is 2.05. The molecule has 1 amide bonds. The van der Waals surface area contributed by atoms with Crippen LogP contribution in [0.1, 0.15) is 35.8 Å². The maximum absolute atomic E-state index is 12.2. The molecule has 1 N–H and O–H groups in total. The van der Waals surface area contributed by atoms with Gasteiger partial charge in [0.2, 0.25) is 0 Å². The summed E-state index contributed by atoms with van der Waals surface area (Å²) < 4.78 is 6.51. The Hall–Kier alpha value is -2.34. The van der Waals surface area contributed by atoms with Gasteiger partial charge in [0.1, 0.15) is 10.7 Å². The highest BCUT2D eigenvalue weighted by Gasteiger charge is 2.23. The van der Waals surface area contributed by atoms with E-state index < -0.39 is 5.97 Å². The zero-order valence-electron chi connectivity index (χ0n) is 13.7. The SMILES string of the molecule is CCCCNC(=O)COC(=O)c1c(C)nn(-c2ccccc2)c1Cl. The highest BCUT2D eigenvalue weighted by molar-refractivity contribution is 6.33. The van der Waals surface area contributed by atoms with Crippen molar-refractivity contribution >= 4 is 23.5 Å². The predicted octanol–water partition coefficient (Wildman–Crippen LogP) is 2.91. The molecule has 0 fully saturated rings. The molecule has 0 radical (unpaired) electrons. The summed E-state index contributed by atoms with van der Waals surface area (Å²) in [6, 6.07) is 9.23. The smallest absolute Gasteiger partial charge is 0.343 e. The van der Waals surface area contributed by atoms with Crippen LogP contribution >= 0.6 is 11.6 Å². The molecule has 2 aromatic rings. The first-order valence-corrected chi connectivity index (χ1v) is 8.16. The lowest BCUT2D eigenvalue weighted by Gasteiger charge is -2.06.